The largest absolute Gasteiger partial charge is 0.374 e. The molecule has 0 atom stereocenters. The molecule has 12 heavy (non-hydrogen) atoms. The van der Waals surface area contributed by atoms with Crippen LogP contribution in [0.5, 0.6) is 0 Å². The standard InChI is InChI=1S/C10H18O2/c1-2-6-12-8-10(11)7-9-4-3-5-9/h9H,2-8H2,1H3. The summed E-state index contributed by atoms with van der Waals surface area (Å²) >= 11 is 0. The van der Waals surface area contributed by atoms with Crippen molar-refractivity contribution >= 4 is 5.78 Å². The first-order valence-electron chi connectivity index (χ1n) is 4.92. The lowest BCUT2D eigenvalue weighted by Crippen LogP contribution is -2.19. The highest BCUT2D eigenvalue weighted by Gasteiger charge is 2.20. The molecule has 0 spiro atoms. The lowest BCUT2D eigenvalue weighted by molar-refractivity contribution is -0.125. The maximum atomic E-state index is 11.2. The topological polar surface area (TPSA) is 26.3 Å². The number of ketones is 1. The third-order valence-electron chi connectivity index (χ3n) is 2.35. The van der Waals surface area contributed by atoms with Gasteiger partial charge in [0.25, 0.3) is 0 Å². The monoisotopic (exact) mass is 170 g/mol. The molecule has 1 aliphatic rings. The Hall–Kier alpha value is -0.370. The fourth-order valence-corrected chi connectivity index (χ4v) is 1.41. The molecule has 0 aromatic heterocycles. The number of Topliss-reactive ketones (excluding diaryl/α,β-unsaturated/α-hetero) is 1. The maximum Gasteiger partial charge on any atom is 0.158 e. The average Bonchev–Trinajstić information content (AvgIpc) is 1.98. The Labute approximate surface area is 74.3 Å². The second kappa shape index (κ2) is 5.31. The molecule has 0 unspecified atom stereocenters. The van der Waals surface area contributed by atoms with Crippen molar-refractivity contribution in [1.82, 2.24) is 0 Å². The van der Waals surface area contributed by atoms with E-state index in [4.69, 9.17) is 4.74 Å². The van der Waals surface area contributed by atoms with E-state index in [0.717, 1.165) is 19.4 Å². The number of carbonyl (C=O) groups excluding carboxylic acids is 1. The van der Waals surface area contributed by atoms with Gasteiger partial charge in [-0.15, -0.1) is 0 Å². The van der Waals surface area contributed by atoms with E-state index < -0.39 is 0 Å². The molecule has 1 aliphatic carbocycles. The normalized spacial score (nSPS) is 17.4. The van der Waals surface area contributed by atoms with Crippen LogP contribution in [0.25, 0.3) is 0 Å². The molecule has 0 bridgehead atoms. The third-order valence-corrected chi connectivity index (χ3v) is 2.35. The van der Waals surface area contributed by atoms with E-state index in [0.29, 0.717) is 12.5 Å². The Bertz CT molecular complexity index is 139. The van der Waals surface area contributed by atoms with Crippen molar-refractivity contribution in [2.75, 3.05) is 13.2 Å². The molecule has 1 saturated carbocycles. The maximum absolute atomic E-state index is 11.2. The zero-order chi connectivity index (χ0) is 8.81. The highest BCUT2D eigenvalue weighted by Crippen LogP contribution is 2.29. The summed E-state index contributed by atoms with van der Waals surface area (Å²) in [6.45, 7) is 3.11. The van der Waals surface area contributed by atoms with Gasteiger partial charge in [-0.25, -0.2) is 0 Å². The first-order chi connectivity index (χ1) is 5.83. The van der Waals surface area contributed by atoms with Gasteiger partial charge in [0.15, 0.2) is 5.78 Å². The Morgan fingerprint density at radius 1 is 1.50 bits per heavy atom. The summed E-state index contributed by atoms with van der Waals surface area (Å²) in [5, 5.41) is 0. The molecule has 0 amide bonds. The minimum absolute atomic E-state index is 0.285. The van der Waals surface area contributed by atoms with Crippen LogP contribution in [-0.2, 0) is 9.53 Å². The van der Waals surface area contributed by atoms with Gasteiger partial charge in [-0.3, -0.25) is 4.79 Å². The quantitative estimate of drug-likeness (QED) is 0.571. The molecule has 0 saturated heterocycles. The van der Waals surface area contributed by atoms with E-state index in [-0.39, 0.29) is 5.78 Å². The van der Waals surface area contributed by atoms with E-state index in [1.165, 1.54) is 19.3 Å². The van der Waals surface area contributed by atoms with Crippen LogP contribution in [0.4, 0.5) is 0 Å². The van der Waals surface area contributed by atoms with Gasteiger partial charge >= 0.3 is 0 Å². The van der Waals surface area contributed by atoms with Gasteiger partial charge in [-0.1, -0.05) is 26.2 Å². The molecule has 2 nitrogen and oxygen atoms in total. The summed E-state index contributed by atoms with van der Waals surface area (Å²) < 4.78 is 5.16. The third kappa shape index (κ3) is 3.35. The zero-order valence-corrected chi connectivity index (χ0v) is 7.84. The van der Waals surface area contributed by atoms with Crippen LogP contribution in [0.2, 0.25) is 0 Å². The summed E-state index contributed by atoms with van der Waals surface area (Å²) in [5.74, 6) is 0.968. The van der Waals surface area contributed by atoms with Gasteiger partial charge in [-0.2, -0.15) is 0 Å². The van der Waals surface area contributed by atoms with E-state index in [1.807, 2.05) is 0 Å². The molecule has 0 N–H and O–H groups in total. The molecule has 70 valence electrons. The van der Waals surface area contributed by atoms with Gasteiger partial charge in [0.05, 0.1) is 0 Å². The van der Waals surface area contributed by atoms with Gasteiger partial charge < -0.3 is 4.74 Å². The van der Waals surface area contributed by atoms with Crippen molar-refractivity contribution in [2.24, 2.45) is 5.92 Å². The molecule has 0 radical (unpaired) electrons. The Morgan fingerprint density at radius 3 is 2.75 bits per heavy atom. The second-order valence-electron chi connectivity index (χ2n) is 3.59. The predicted octanol–water partition coefficient (Wildman–Crippen LogP) is 2.17. The van der Waals surface area contributed by atoms with E-state index in [1.54, 1.807) is 0 Å². The summed E-state index contributed by atoms with van der Waals surface area (Å²) in [6, 6.07) is 0. The zero-order valence-electron chi connectivity index (χ0n) is 7.84. The lowest BCUT2D eigenvalue weighted by atomic mass is 9.82. The minimum Gasteiger partial charge on any atom is -0.374 e. The first-order valence-corrected chi connectivity index (χ1v) is 4.92. The van der Waals surface area contributed by atoms with Crippen molar-refractivity contribution in [3.63, 3.8) is 0 Å². The number of ether oxygens (including phenoxy) is 1. The van der Waals surface area contributed by atoms with Crippen LogP contribution in [0.1, 0.15) is 39.0 Å². The second-order valence-corrected chi connectivity index (χ2v) is 3.59. The molecule has 1 fully saturated rings. The highest BCUT2D eigenvalue weighted by atomic mass is 16.5. The lowest BCUT2D eigenvalue weighted by Gasteiger charge is -2.24. The SMILES string of the molecule is CCCOCC(=O)CC1CCC1. The number of hydrogen-bond donors (Lipinski definition) is 0. The Balaban J connectivity index is 1.95. The fraction of sp³-hybridized carbons (Fsp3) is 0.900. The Morgan fingerprint density at radius 2 is 2.25 bits per heavy atom. The molecular weight excluding hydrogens is 152 g/mol. The molecule has 0 aromatic carbocycles. The number of carbonyl (C=O) groups is 1. The van der Waals surface area contributed by atoms with Crippen molar-refractivity contribution in [1.29, 1.82) is 0 Å². The van der Waals surface area contributed by atoms with Crippen LogP contribution < -0.4 is 0 Å². The number of hydrogen-bond acceptors (Lipinski definition) is 2. The van der Waals surface area contributed by atoms with Crippen molar-refractivity contribution in [2.45, 2.75) is 39.0 Å². The van der Waals surface area contributed by atoms with Crippen molar-refractivity contribution in [3.8, 4) is 0 Å². The van der Waals surface area contributed by atoms with Gasteiger partial charge in [0.1, 0.15) is 6.61 Å². The van der Waals surface area contributed by atoms with E-state index >= 15 is 0 Å². The number of rotatable bonds is 6. The van der Waals surface area contributed by atoms with Crippen molar-refractivity contribution < 1.29 is 9.53 Å². The van der Waals surface area contributed by atoms with Crippen LogP contribution in [0.3, 0.4) is 0 Å². The van der Waals surface area contributed by atoms with E-state index in [9.17, 15) is 4.79 Å². The van der Waals surface area contributed by atoms with E-state index in [2.05, 4.69) is 6.92 Å². The molecule has 1 rings (SSSR count). The first kappa shape index (κ1) is 9.72. The average molecular weight is 170 g/mol. The van der Waals surface area contributed by atoms with Gasteiger partial charge in [0, 0.05) is 13.0 Å². The smallest absolute Gasteiger partial charge is 0.158 e. The predicted molar refractivity (Wildman–Crippen MR) is 48.1 cm³/mol. The molecule has 0 aromatic rings. The molecule has 2 heteroatoms. The van der Waals surface area contributed by atoms with Crippen LogP contribution in [-0.4, -0.2) is 19.0 Å². The van der Waals surface area contributed by atoms with Crippen LogP contribution in [0, 0.1) is 5.92 Å². The van der Waals surface area contributed by atoms with Gasteiger partial charge in [0.2, 0.25) is 0 Å². The van der Waals surface area contributed by atoms with Crippen LogP contribution >= 0.6 is 0 Å². The fourth-order valence-electron chi connectivity index (χ4n) is 1.41. The molecule has 0 aliphatic heterocycles. The van der Waals surface area contributed by atoms with Crippen LogP contribution in [0.15, 0.2) is 0 Å². The minimum atomic E-state index is 0.285. The summed E-state index contributed by atoms with van der Waals surface area (Å²) in [7, 11) is 0. The Kier molecular flexibility index (Phi) is 4.30. The summed E-state index contributed by atoms with van der Waals surface area (Å²) in [6.07, 6.45) is 5.56. The molecular formula is C10H18O2. The molecule has 0 heterocycles. The summed E-state index contributed by atoms with van der Waals surface area (Å²) in [4.78, 5) is 11.2. The highest BCUT2D eigenvalue weighted by molar-refractivity contribution is 5.79. The van der Waals surface area contributed by atoms with Crippen molar-refractivity contribution in [3.05, 3.63) is 0 Å². The van der Waals surface area contributed by atoms with Gasteiger partial charge in [-0.05, 0) is 12.3 Å². The summed E-state index contributed by atoms with van der Waals surface area (Å²) in [5.41, 5.74) is 0.